The summed E-state index contributed by atoms with van der Waals surface area (Å²) in [4.78, 5) is 10.6. The van der Waals surface area contributed by atoms with E-state index in [0.717, 1.165) is 0 Å². The summed E-state index contributed by atoms with van der Waals surface area (Å²) in [6.45, 7) is 3.75. The largest absolute Gasteiger partial charge is 0.468 e. The van der Waals surface area contributed by atoms with Crippen LogP contribution in [-0.4, -0.2) is 19.1 Å². The third-order valence-corrected chi connectivity index (χ3v) is 1.19. The second-order valence-corrected chi connectivity index (χ2v) is 2.29. The number of carbonyl (C=O) groups is 1. The number of hydrogen-bond donors (Lipinski definition) is 1. The van der Waals surface area contributed by atoms with E-state index in [1.807, 2.05) is 13.8 Å². The molecular weight excluding hydrogens is 118 g/mol. The van der Waals surface area contributed by atoms with Crippen LogP contribution in [-0.2, 0) is 9.53 Å². The van der Waals surface area contributed by atoms with Gasteiger partial charge >= 0.3 is 5.97 Å². The molecule has 0 saturated heterocycles. The highest BCUT2D eigenvalue weighted by molar-refractivity contribution is 5.75. The zero-order valence-corrected chi connectivity index (χ0v) is 6.05. The van der Waals surface area contributed by atoms with Gasteiger partial charge in [0.2, 0.25) is 0 Å². The minimum absolute atomic E-state index is 0. The van der Waals surface area contributed by atoms with Crippen molar-refractivity contribution < 1.29 is 11.0 Å². The van der Waals surface area contributed by atoms with Crippen molar-refractivity contribution in [3.63, 3.8) is 0 Å². The van der Waals surface area contributed by atoms with Crippen LogP contribution in [0, 0.1) is 5.92 Å². The molecule has 0 amide bonds. The van der Waals surface area contributed by atoms with Crippen molar-refractivity contribution in [2.24, 2.45) is 11.7 Å². The zero-order valence-electron chi connectivity index (χ0n) is 6.05. The Balaban J connectivity index is 0. The first-order valence-corrected chi connectivity index (χ1v) is 2.93. The van der Waals surface area contributed by atoms with Gasteiger partial charge < -0.3 is 10.5 Å². The predicted molar refractivity (Wildman–Crippen MR) is 36.9 cm³/mol. The quantitative estimate of drug-likeness (QED) is 0.554. The van der Waals surface area contributed by atoms with Gasteiger partial charge in [-0.05, 0) is 5.92 Å². The van der Waals surface area contributed by atoms with Crippen LogP contribution in [0.3, 0.4) is 0 Å². The molecule has 0 bridgehead atoms. The minimum Gasteiger partial charge on any atom is -0.468 e. The van der Waals surface area contributed by atoms with Crippen molar-refractivity contribution >= 4 is 5.97 Å². The molecular formula is C6H15NO2. The smallest absolute Gasteiger partial charge is 0.322 e. The Labute approximate surface area is 56.7 Å². The third-order valence-electron chi connectivity index (χ3n) is 1.19. The van der Waals surface area contributed by atoms with Crippen LogP contribution in [0.25, 0.3) is 0 Å². The molecule has 3 nitrogen and oxygen atoms in total. The molecule has 0 aromatic carbocycles. The molecule has 0 aromatic rings. The van der Waals surface area contributed by atoms with Gasteiger partial charge in [-0.2, -0.15) is 0 Å². The molecule has 0 aliphatic heterocycles. The topological polar surface area (TPSA) is 52.3 Å². The second kappa shape index (κ2) is 3.45. The van der Waals surface area contributed by atoms with Crippen LogP contribution in [0.4, 0.5) is 0 Å². The molecule has 3 heteroatoms. The highest BCUT2D eigenvalue weighted by Gasteiger charge is 2.16. The molecule has 0 rings (SSSR count). The fourth-order valence-electron chi connectivity index (χ4n) is 0.408. The molecule has 0 heterocycles. The summed E-state index contributed by atoms with van der Waals surface area (Å²) < 4.78 is 4.41. The lowest BCUT2D eigenvalue weighted by Gasteiger charge is -2.11. The number of nitrogens with two attached hydrogens (primary N) is 1. The standard InChI is InChI=1S/C6H13NO2.H2/c1-4(2)5(7)6(8)9-3;/h4-5H,7H2,1-3H3;1H/t5-;/m0./s1. The minimum atomic E-state index is -0.477. The molecule has 0 radical (unpaired) electrons. The first kappa shape index (κ1) is 8.43. The zero-order chi connectivity index (χ0) is 7.44. The third kappa shape index (κ3) is 2.46. The molecule has 0 aliphatic carbocycles. The maximum atomic E-state index is 10.6. The Morgan fingerprint density at radius 3 is 2.22 bits per heavy atom. The number of rotatable bonds is 2. The number of esters is 1. The molecule has 9 heavy (non-hydrogen) atoms. The van der Waals surface area contributed by atoms with Crippen molar-refractivity contribution in [2.45, 2.75) is 19.9 Å². The van der Waals surface area contributed by atoms with E-state index in [4.69, 9.17) is 5.73 Å². The Morgan fingerprint density at radius 2 is 2.11 bits per heavy atom. The maximum Gasteiger partial charge on any atom is 0.322 e. The summed E-state index contributed by atoms with van der Waals surface area (Å²) in [6, 6.07) is -0.477. The van der Waals surface area contributed by atoms with E-state index in [1.54, 1.807) is 0 Å². The van der Waals surface area contributed by atoms with Gasteiger partial charge in [-0.15, -0.1) is 0 Å². The highest BCUT2D eigenvalue weighted by atomic mass is 16.5. The van der Waals surface area contributed by atoms with Crippen molar-refractivity contribution in [3.8, 4) is 0 Å². The Hall–Kier alpha value is -0.570. The van der Waals surface area contributed by atoms with Crippen LogP contribution in [0.15, 0.2) is 0 Å². The van der Waals surface area contributed by atoms with Gasteiger partial charge in [-0.25, -0.2) is 0 Å². The molecule has 0 spiro atoms. The van der Waals surface area contributed by atoms with E-state index in [0.29, 0.717) is 0 Å². The monoisotopic (exact) mass is 133 g/mol. The van der Waals surface area contributed by atoms with Crippen LogP contribution < -0.4 is 5.73 Å². The fraction of sp³-hybridized carbons (Fsp3) is 0.833. The summed E-state index contributed by atoms with van der Waals surface area (Å²) in [5, 5.41) is 0. The molecule has 0 aliphatic rings. The summed E-state index contributed by atoms with van der Waals surface area (Å²) >= 11 is 0. The Kier molecular flexibility index (Phi) is 3.24. The lowest BCUT2D eigenvalue weighted by Crippen LogP contribution is -2.36. The van der Waals surface area contributed by atoms with Gasteiger partial charge in [0.15, 0.2) is 0 Å². The molecule has 0 saturated carbocycles. The molecule has 0 aromatic heterocycles. The first-order chi connectivity index (χ1) is 4.09. The summed E-state index contributed by atoms with van der Waals surface area (Å²) in [6.07, 6.45) is 0. The fourth-order valence-corrected chi connectivity index (χ4v) is 0.408. The number of ether oxygens (including phenoxy) is 1. The van der Waals surface area contributed by atoms with Crippen LogP contribution in [0.1, 0.15) is 15.3 Å². The van der Waals surface area contributed by atoms with E-state index >= 15 is 0 Å². The highest BCUT2D eigenvalue weighted by Crippen LogP contribution is 1.98. The molecule has 0 fully saturated rings. The van der Waals surface area contributed by atoms with Crippen molar-refractivity contribution in [3.05, 3.63) is 0 Å². The van der Waals surface area contributed by atoms with Gasteiger partial charge in [0.1, 0.15) is 6.04 Å². The van der Waals surface area contributed by atoms with Gasteiger partial charge in [-0.1, -0.05) is 13.8 Å². The van der Waals surface area contributed by atoms with E-state index in [2.05, 4.69) is 4.74 Å². The SMILES string of the molecule is COC(=O)[C@@H](N)C(C)C.[HH]. The van der Waals surface area contributed by atoms with Gasteiger partial charge in [0, 0.05) is 1.43 Å². The van der Waals surface area contributed by atoms with E-state index in [-0.39, 0.29) is 13.3 Å². The normalized spacial score (nSPS) is 13.4. The number of hydrogen-bond acceptors (Lipinski definition) is 3. The average molecular weight is 133 g/mol. The van der Waals surface area contributed by atoms with Crippen molar-refractivity contribution in [1.82, 2.24) is 0 Å². The molecule has 0 unspecified atom stereocenters. The first-order valence-electron chi connectivity index (χ1n) is 2.93. The van der Waals surface area contributed by atoms with Crippen LogP contribution >= 0.6 is 0 Å². The Morgan fingerprint density at radius 1 is 1.67 bits per heavy atom. The summed E-state index contributed by atoms with van der Waals surface area (Å²) in [5.41, 5.74) is 5.40. The van der Waals surface area contributed by atoms with Crippen molar-refractivity contribution in [2.75, 3.05) is 7.11 Å². The maximum absolute atomic E-state index is 10.6. The van der Waals surface area contributed by atoms with Crippen molar-refractivity contribution in [1.29, 1.82) is 0 Å². The summed E-state index contributed by atoms with van der Waals surface area (Å²) in [7, 11) is 1.34. The molecule has 1 atom stereocenters. The average Bonchev–Trinajstić information content (AvgIpc) is 1.84. The van der Waals surface area contributed by atoms with E-state index in [9.17, 15) is 4.79 Å². The number of carbonyl (C=O) groups excluding carboxylic acids is 1. The van der Waals surface area contributed by atoms with E-state index in [1.165, 1.54) is 7.11 Å². The lowest BCUT2D eigenvalue weighted by molar-refractivity contribution is -0.143. The number of methoxy groups -OCH3 is 1. The van der Waals surface area contributed by atoms with Gasteiger partial charge in [-0.3, -0.25) is 4.79 Å². The van der Waals surface area contributed by atoms with Gasteiger partial charge in [0.25, 0.3) is 0 Å². The Bertz CT molecular complexity index is 106. The second-order valence-electron chi connectivity index (χ2n) is 2.29. The van der Waals surface area contributed by atoms with Crippen LogP contribution in [0.2, 0.25) is 0 Å². The van der Waals surface area contributed by atoms with E-state index < -0.39 is 6.04 Å². The predicted octanol–water partition coefficient (Wildman–Crippen LogP) is 0.389. The summed E-state index contributed by atoms with van der Waals surface area (Å²) in [5.74, 6) is -0.192. The lowest BCUT2D eigenvalue weighted by atomic mass is 10.1. The van der Waals surface area contributed by atoms with Gasteiger partial charge in [0.05, 0.1) is 7.11 Å². The van der Waals surface area contributed by atoms with Crippen LogP contribution in [0.5, 0.6) is 0 Å². The molecule has 2 N–H and O–H groups in total. The molecule has 56 valence electrons.